The van der Waals surface area contributed by atoms with Crippen molar-refractivity contribution in [2.24, 2.45) is 11.5 Å². The van der Waals surface area contributed by atoms with Crippen molar-refractivity contribution in [3.63, 3.8) is 0 Å². The summed E-state index contributed by atoms with van der Waals surface area (Å²) in [4.78, 5) is 10.5. The lowest BCUT2D eigenvalue weighted by Gasteiger charge is -2.06. The third-order valence-corrected chi connectivity index (χ3v) is 3.67. The summed E-state index contributed by atoms with van der Waals surface area (Å²) < 4.78 is 25.6. The highest BCUT2D eigenvalue weighted by Gasteiger charge is 2.11. The molecular weight excluding hydrogens is 254 g/mol. The molecule has 0 saturated heterocycles. The number of rotatable bonds is 7. The smallest absolute Gasteiger partial charge is 0.218 e. The summed E-state index contributed by atoms with van der Waals surface area (Å²) in [5.41, 5.74) is 12.0. The minimum Gasteiger partial charge on any atom is -0.370 e. The van der Waals surface area contributed by atoms with Crippen LogP contribution in [0.25, 0.3) is 0 Å². The number of sulfonamides is 1. The molecule has 1 rings (SSSR count). The molecule has 0 spiro atoms. The maximum Gasteiger partial charge on any atom is 0.218 e. The van der Waals surface area contributed by atoms with Gasteiger partial charge in [-0.25, -0.2) is 13.1 Å². The van der Waals surface area contributed by atoms with E-state index in [9.17, 15) is 13.2 Å². The lowest BCUT2D eigenvalue weighted by atomic mass is 10.1. The van der Waals surface area contributed by atoms with Crippen LogP contribution < -0.4 is 16.2 Å². The van der Waals surface area contributed by atoms with E-state index in [4.69, 9.17) is 11.5 Å². The Kier molecular flexibility index (Phi) is 5.26. The third-order valence-electron chi connectivity index (χ3n) is 2.31. The van der Waals surface area contributed by atoms with Crippen molar-refractivity contribution >= 4 is 15.9 Å². The van der Waals surface area contributed by atoms with Gasteiger partial charge in [0.15, 0.2) is 0 Å². The second-order valence-electron chi connectivity index (χ2n) is 3.89. The summed E-state index contributed by atoms with van der Waals surface area (Å²) >= 11 is 0. The first kappa shape index (κ1) is 14.6. The van der Waals surface area contributed by atoms with Gasteiger partial charge in [0.2, 0.25) is 15.9 Å². The van der Waals surface area contributed by atoms with Crippen LogP contribution in [0.1, 0.15) is 17.5 Å². The van der Waals surface area contributed by atoms with Crippen LogP contribution in [0.15, 0.2) is 24.3 Å². The van der Waals surface area contributed by atoms with E-state index in [0.717, 1.165) is 5.56 Å². The van der Waals surface area contributed by atoms with Gasteiger partial charge in [0.05, 0.1) is 5.75 Å². The van der Waals surface area contributed by atoms with E-state index in [0.29, 0.717) is 12.1 Å². The molecule has 0 aromatic heterocycles. The Labute approximate surface area is 106 Å². The number of nitrogens with two attached hydrogens (primary N) is 2. The normalized spacial score (nSPS) is 11.4. The number of carbonyl (C=O) groups excluding carboxylic acids is 1. The first-order valence-corrected chi connectivity index (χ1v) is 7.12. The van der Waals surface area contributed by atoms with Crippen molar-refractivity contribution in [2.45, 2.75) is 18.7 Å². The number of hydrogen-bond acceptors (Lipinski definition) is 4. The van der Waals surface area contributed by atoms with Crippen LogP contribution >= 0.6 is 0 Å². The fourth-order valence-corrected chi connectivity index (χ4v) is 2.52. The highest BCUT2D eigenvalue weighted by Crippen LogP contribution is 2.07. The monoisotopic (exact) mass is 271 g/mol. The predicted molar refractivity (Wildman–Crippen MR) is 68.8 cm³/mol. The zero-order valence-corrected chi connectivity index (χ0v) is 10.7. The number of amides is 1. The molecule has 0 aliphatic carbocycles. The van der Waals surface area contributed by atoms with Crippen molar-refractivity contribution in [2.75, 3.05) is 6.54 Å². The van der Waals surface area contributed by atoms with E-state index in [1.165, 1.54) is 0 Å². The molecule has 0 aliphatic heterocycles. The number of primary amides is 1. The first-order chi connectivity index (χ1) is 8.43. The summed E-state index contributed by atoms with van der Waals surface area (Å²) in [5.74, 6) is -0.665. The molecular formula is C11H17N3O3S. The quantitative estimate of drug-likeness (QED) is 0.616. The highest BCUT2D eigenvalue weighted by atomic mass is 32.2. The third kappa shape index (κ3) is 5.26. The summed E-state index contributed by atoms with van der Waals surface area (Å²) in [7, 11) is -3.44. The SMILES string of the molecule is NCc1ccc(CS(=O)(=O)NCCC(N)=O)cc1. The Morgan fingerprint density at radius 2 is 1.72 bits per heavy atom. The van der Waals surface area contributed by atoms with Crippen LogP contribution in [0.2, 0.25) is 0 Å². The predicted octanol–water partition coefficient (Wildman–Crippen LogP) is -0.560. The zero-order valence-electron chi connectivity index (χ0n) is 9.93. The van der Waals surface area contributed by atoms with E-state index in [-0.39, 0.29) is 18.7 Å². The molecule has 1 amide bonds. The largest absolute Gasteiger partial charge is 0.370 e. The van der Waals surface area contributed by atoms with Crippen LogP contribution in [-0.4, -0.2) is 20.9 Å². The molecule has 0 radical (unpaired) electrons. The zero-order chi connectivity index (χ0) is 13.6. The first-order valence-electron chi connectivity index (χ1n) is 5.46. The molecule has 0 unspecified atom stereocenters. The molecule has 18 heavy (non-hydrogen) atoms. The number of nitrogens with one attached hydrogen (secondary N) is 1. The van der Waals surface area contributed by atoms with Crippen molar-refractivity contribution < 1.29 is 13.2 Å². The average molecular weight is 271 g/mol. The van der Waals surface area contributed by atoms with Gasteiger partial charge in [-0.2, -0.15) is 0 Å². The minimum atomic E-state index is -3.44. The second kappa shape index (κ2) is 6.48. The molecule has 7 heteroatoms. The highest BCUT2D eigenvalue weighted by molar-refractivity contribution is 7.88. The number of benzene rings is 1. The van der Waals surface area contributed by atoms with Crippen molar-refractivity contribution in [3.8, 4) is 0 Å². The van der Waals surface area contributed by atoms with Gasteiger partial charge in [-0.1, -0.05) is 24.3 Å². The van der Waals surface area contributed by atoms with Gasteiger partial charge >= 0.3 is 0 Å². The van der Waals surface area contributed by atoms with Crippen molar-refractivity contribution in [1.29, 1.82) is 0 Å². The molecule has 0 saturated carbocycles. The Morgan fingerprint density at radius 1 is 1.17 bits per heavy atom. The van der Waals surface area contributed by atoms with Gasteiger partial charge in [-0.3, -0.25) is 4.79 Å². The van der Waals surface area contributed by atoms with Crippen molar-refractivity contribution in [3.05, 3.63) is 35.4 Å². The molecule has 0 atom stereocenters. The van der Waals surface area contributed by atoms with Crippen LogP contribution in [0.5, 0.6) is 0 Å². The van der Waals surface area contributed by atoms with Crippen molar-refractivity contribution in [1.82, 2.24) is 4.72 Å². The van der Waals surface area contributed by atoms with Gasteiger partial charge in [0, 0.05) is 19.5 Å². The van der Waals surface area contributed by atoms with E-state index in [2.05, 4.69) is 4.72 Å². The van der Waals surface area contributed by atoms with Gasteiger partial charge < -0.3 is 11.5 Å². The lowest BCUT2D eigenvalue weighted by Crippen LogP contribution is -2.29. The van der Waals surface area contributed by atoms with Gasteiger partial charge in [0.1, 0.15) is 0 Å². The Bertz CT molecular complexity index is 497. The Balaban J connectivity index is 2.56. The maximum absolute atomic E-state index is 11.6. The topological polar surface area (TPSA) is 115 Å². The average Bonchev–Trinajstić information content (AvgIpc) is 2.28. The second-order valence-corrected chi connectivity index (χ2v) is 5.70. The molecule has 0 bridgehead atoms. The van der Waals surface area contributed by atoms with E-state index < -0.39 is 15.9 Å². The lowest BCUT2D eigenvalue weighted by molar-refractivity contribution is -0.117. The number of carbonyl (C=O) groups is 1. The van der Waals surface area contributed by atoms with Crippen LogP contribution in [0.4, 0.5) is 0 Å². The fraction of sp³-hybridized carbons (Fsp3) is 0.364. The summed E-state index contributed by atoms with van der Waals surface area (Å²) in [6.45, 7) is 0.447. The summed E-state index contributed by atoms with van der Waals surface area (Å²) in [5, 5.41) is 0. The molecule has 1 aromatic rings. The summed E-state index contributed by atoms with van der Waals surface area (Å²) in [6, 6.07) is 7.01. The summed E-state index contributed by atoms with van der Waals surface area (Å²) in [6.07, 6.45) is -0.00859. The van der Waals surface area contributed by atoms with Crippen LogP contribution in [-0.2, 0) is 27.1 Å². The van der Waals surface area contributed by atoms with Gasteiger partial charge in [0.25, 0.3) is 0 Å². The molecule has 0 fully saturated rings. The van der Waals surface area contributed by atoms with Crippen LogP contribution in [0.3, 0.4) is 0 Å². The molecule has 0 heterocycles. The standard InChI is InChI=1S/C11H17N3O3S/c12-7-9-1-3-10(4-2-9)8-18(16,17)14-6-5-11(13)15/h1-4,14H,5-8,12H2,(H2,13,15). The Hall–Kier alpha value is -1.44. The van der Waals surface area contributed by atoms with E-state index in [1.807, 2.05) is 0 Å². The van der Waals surface area contributed by atoms with Gasteiger partial charge in [-0.15, -0.1) is 0 Å². The number of hydrogen-bond donors (Lipinski definition) is 3. The fourth-order valence-electron chi connectivity index (χ4n) is 1.37. The van der Waals surface area contributed by atoms with Crippen LogP contribution in [0, 0.1) is 0 Å². The molecule has 5 N–H and O–H groups in total. The maximum atomic E-state index is 11.6. The Morgan fingerprint density at radius 3 is 2.22 bits per heavy atom. The van der Waals surface area contributed by atoms with E-state index in [1.54, 1.807) is 24.3 Å². The minimum absolute atomic E-state index is 0.00859. The molecule has 0 aliphatic rings. The molecule has 1 aromatic carbocycles. The molecule has 100 valence electrons. The molecule has 6 nitrogen and oxygen atoms in total. The van der Waals surface area contributed by atoms with Gasteiger partial charge in [-0.05, 0) is 11.1 Å². The van der Waals surface area contributed by atoms with E-state index >= 15 is 0 Å².